The zero-order valence-corrected chi connectivity index (χ0v) is 15.0. The largest absolute Gasteiger partial charge is 0.364 e. The SMILES string of the molecule is O=C(NCc1ccccn1)[C@@H]1C[C@H]2CCN(Cc3cccs3)C[C@H]2O1. The first-order chi connectivity index (χ1) is 12.3. The van der Waals surface area contributed by atoms with Crippen molar-refractivity contribution in [2.24, 2.45) is 5.92 Å². The van der Waals surface area contributed by atoms with Crippen LogP contribution in [0.25, 0.3) is 0 Å². The van der Waals surface area contributed by atoms with Crippen molar-refractivity contribution in [1.29, 1.82) is 0 Å². The summed E-state index contributed by atoms with van der Waals surface area (Å²) in [4.78, 5) is 20.5. The van der Waals surface area contributed by atoms with Gasteiger partial charge in [-0.3, -0.25) is 14.7 Å². The van der Waals surface area contributed by atoms with E-state index in [4.69, 9.17) is 4.74 Å². The van der Waals surface area contributed by atoms with Crippen molar-refractivity contribution < 1.29 is 9.53 Å². The van der Waals surface area contributed by atoms with E-state index in [9.17, 15) is 4.79 Å². The molecule has 2 aromatic rings. The molecule has 0 saturated carbocycles. The Morgan fingerprint density at radius 3 is 3.12 bits per heavy atom. The minimum Gasteiger partial charge on any atom is -0.364 e. The predicted octanol–water partition coefficient (Wildman–Crippen LogP) is 2.44. The van der Waals surface area contributed by atoms with Crippen LogP contribution in [0.5, 0.6) is 0 Å². The number of carbonyl (C=O) groups excluding carboxylic acids is 1. The molecule has 4 heterocycles. The summed E-state index contributed by atoms with van der Waals surface area (Å²) in [6, 6.07) is 9.99. The average Bonchev–Trinajstić information content (AvgIpc) is 3.30. The molecule has 0 radical (unpaired) electrons. The molecule has 25 heavy (non-hydrogen) atoms. The maximum absolute atomic E-state index is 12.4. The monoisotopic (exact) mass is 357 g/mol. The number of pyridine rings is 1. The van der Waals surface area contributed by atoms with Gasteiger partial charge < -0.3 is 10.1 Å². The summed E-state index contributed by atoms with van der Waals surface area (Å²) in [5.74, 6) is 0.495. The second kappa shape index (κ2) is 7.64. The Morgan fingerprint density at radius 1 is 1.36 bits per heavy atom. The van der Waals surface area contributed by atoms with Crippen LogP contribution in [-0.2, 0) is 22.6 Å². The molecule has 1 N–H and O–H groups in total. The summed E-state index contributed by atoms with van der Waals surface area (Å²) in [5, 5.41) is 5.08. The van der Waals surface area contributed by atoms with Crippen molar-refractivity contribution in [3.63, 3.8) is 0 Å². The number of ether oxygens (including phenoxy) is 1. The molecule has 0 spiro atoms. The highest BCUT2D eigenvalue weighted by molar-refractivity contribution is 7.09. The van der Waals surface area contributed by atoms with E-state index in [1.165, 1.54) is 4.88 Å². The van der Waals surface area contributed by atoms with Crippen molar-refractivity contribution >= 4 is 17.2 Å². The Kier molecular flexibility index (Phi) is 5.10. The summed E-state index contributed by atoms with van der Waals surface area (Å²) in [6.45, 7) is 3.46. The molecule has 5 nitrogen and oxygen atoms in total. The van der Waals surface area contributed by atoms with Gasteiger partial charge in [0.2, 0.25) is 5.91 Å². The van der Waals surface area contributed by atoms with Crippen molar-refractivity contribution in [1.82, 2.24) is 15.2 Å². The van der Waals surface area contributed by atoms with Crippen LogP contribution < -0.4 is 5.32 Å². The minimum atomic E-state index is -0.319. The van der Waals surface area contributed by atoms with E-state index in [1.807, 2.05) is 18.2 Å². The molecule has 0 aliphatic carbocycles. The molecule has 3 atom stereocenters. The standard InChI is InChI=1S/C19H23N3O2S/c23-19(21-11-15-4-1-2-7-20-15)17-10-14-6-8-22(13-18(14)24-17)12-16-5-3-9-25-16/h1-5,7,9,14,17-18H,6,8,10-13H2,(H,21,23)/t14-,17+,18-/m1/s1. The molecule has 0 bridgehead atoms. The van der Waals surface area contributed by atoms with Gasteiger partial charge in [0.1, 0.15) is 6.10 Å². The van der Waals surface area contributed by atoms with Gasteiger partial charge in [-0.05, 0) is 48.9 Å². The van der Waals surface area contributed by atoms with Crippen molar-refractivity contribution in [2.75, 3.05) is 13.1 Å². The first-order valence-corrected chi connectivity index (χ1v) is 9.74. The number of nitrogens with one attached hydrogen (secondary N) is 1. The van der Waals surface area contributed by atoms with Crippen LogP contribution in [0.1, 0.15) is 23.4 Å². The maximum Gasteiger partial charge on any atom is 0.249 e. The third-order valence-electron chi connectivity index (χ3n) is 5.06. The maximum atomic E-state index is 12.4. The van der Waals surface area contributed by atoms with Crippen LogP contribution in [0.4, 0.5) is 0 Å². The van der Waals surface area contributed by atoms with Crippen molar-refractivity contribution in [2.45, 2.75) is 38.1 Å². The van der Waals surface area contributed by atoms with Gasteiger partial charge in [0, 0.05) is 24.2 Å². The zero-order valence-electron chi connectivity index (χ0n) is 14.1. The predicted molar refractivity (Wildman–Crippen MR) is 97.1 cm³/mol. The van der Waals surface area contributed by atoms with Crippen LogP contribution in [0.2, 0.25) is 0 Å². The molecule has 4 rings (SSSR count). The molecule has 2 aliphatic rings. The highest BCUT2D eigenvalue weighted by Gasteiger charge is 2.41. The van der Waals surface area contributed by atoms with E-state index in [0.717, 1.165) is 38.2 Å². The van der Waals surface area contributed by atoms with Gasteiger partial charge in [0.05, 0.1) is 18.3 Å². The number of aromatic nitrogens is 1. The molecular weight excluding hydrogens is 334 g/mol. The lowest BCUT2D eigenvalue weighted by Crippen LogP contribution is -2.42. The van der Waals surface area contributed by atoms with Gasteiger partial charge in [0.15, 0.2) is 0 Å². The Balaban J connectivity index is 1.28. The third kappa shape index (κ3) is 4.08. The van der Waals surface area contributed by atoms with E-state index >= 15 is 0 Å². The van der Waals surface area contributed by atoms with E-state index in [-0.39, 0.29) is 18.1 Å². The van der Waals surface area contributed by atoms with Gasteiger partial charge in [-0.25, -0.2) is 0 Å². The molecule has 2 aliphatic heterocycles. The minimum absolute atomic E-state index is 0.00939. The van der Waals surface area contributed by atoms with Crippen molar-refractivity contribution in [3.8, 4) is 0 Å². The first-order valence-electron chi connectivity index (χ1n) is 8.86. The van der Waals surface area contributed by atoms with Crippen LogP contribution in [0.15, 0.2) is 41.9 Å². The van der Waals surface area contributed by atoms with Gasteiger partial charge >= 0.3 is 0 Å². The average molecular weight is 357 g/mol. The Labute approximate surface area is 152 Å². The number of likely N-dealkylation sites (tertiary alicyclic amines) is 1. The number of piperidine rings is 1. The second-order valence-electron chi connectivity index (χ2n) is 6.80. The van der Waals surface area contributed by atoms with Crippen LogP contribution in [0, 0.1) is 5.92 Å². The fourth-order valence-electron chi connectivity index (χ4n) is 3.72. The van der Waals surface area contributed by atoms with E-state index in [1.54, 1.807) is 17.5 Å². The molecule has 6 heteroatoms. The third-order valence-corrected chi connectivity index (χ3v) is 5.92. The first kappa shape index (κ1) is 16.7. The fraction of sp³-hybridized carbons (Fsp3) is 0.474. The number of fused-ring (bicyclic) bond motifs is 1. The number of amides is 1. The molecule has 132 valence electrons. The smallest absolute Gasteiger partial charge is 0.249 e. The fourth-order valence-corrected chi connectivity index (χ4v) is 4.47. The van der Waals surface area contributed by atoms with Crippen molar-refractivity contribution in [3.05, 3.63) is 52.5 Å². The molecule has 2 aromatic heterocycles. The summed E-state index contributed by atoms with van der Waals surface area (Å²) in [7, 11) is 0. The van der Waals surface area contributed by atoms with Gasteiger partial charge in [-0.15, -0.1) is 11.3 Å². The zero-order chi connectivity index (χ0) is 17.1. The number of hydrogen-bond donors (Lipinski definition) is 1. The molecule has 2 fully saturated rings. The van der Waals surface area contributed by atoms with E-state index in [2.05, 4.69) is 32.7 Å². The van der Waals surface area contributed by atoms with Gasteiger partial charge in [0.25, 0.3) is 0 Å². The molecule has 2 saturated heterocycles. The Morgan fingerprint density at radius 2 is 2.32 bits per heavy atom. The molecular formula is C19H23N3O2S. The van der Waals surface area contributed by atoms with E-state index < -0.39 is 0 Å². The molecule has 1 amide bonds. The van der Waals surface area contributed by atoms with E-state index in [0.29, 0.717) is 12.5 Å². The topological polar surface area (TPSA) is 54.5 Å². The molecule has 0 unspecified atom stereocenters. The second-order valence-corrected chi connectivity index (χ2v) is 7.83. The van der Waals surface area contributed by atoms with Gasteiger partial charge in [-0.2, -0.15) is 0 Å². The Bertz CT molecular complexity index is 692. The number of thiophene rings is 1. The number of nitrogens with zero attached hydrogens (tertiary/aromatic N) is 2. The Hall–Kier alpha value is -1.76. The lowest BCUT2D eigenvalue weighted by Gasteiger charge is -2.33. The van der Waals surface area contributed by atoms with Crippen LogP contribution in [-0.4, -0.2) is 41.1 Å². The normalized spacial score (nSPS) is 26.3. The summed E-state index contributed by atoms with van der Waals surface area (Å²) >= 11 is 1.80. The number of rotatable bonds is 5. The van der Waals surface area contributed by atoms with Crippen LogP contribution in [0.3, 0.4) is 0 Å². The summed E-state index contributed by atoms with van der Waals surface area (Å²) in [5.41, 5.74) is 0.869. The van der Waals surface area contributed by atoms with Crippen LogP contribution >= 0.6 is 11.3 Å². The highest BCUT2D eigenvalue weighted by atomic mass is 32.1. The molecule has 0 aromatic carbocycles. The lowest BCUT2D eigenvalue weighted by molar-refractivity contribution is -0.133. The number of carbonyl (C=O) groups is 1. The quantitative estimate of drug-likeness (QED) is 0.893. The lowest BCUT2D eigenvalue weighted by atomic mass is 9.91. The summed E-state index contributed by atoms with van der Waals surface area (Å²) < 4.78 is 6.09. The number of hydrogen-bond acceptors (Lipinski definition) is 5. The highest BCUT2D eigenvalue weighted by Crippen LogP contribution is 2.34. The summed E-state index contributed by atoms with van der Waals surface area (Å²) in [6.07, 6.45) is 3.55. The van der Waals surface area contributed by atoms with Gasteiger partial charge in [-0.1, -0.05) is 12.1 Å².